The number of hydrogen-bond donors (Lipinski definition) is 0. The van der Waals surface area contributed by atoms with Crippen molar-refractivity contribution in [1.82, 2.24) is 0 Å². The van der Waals surface area contributed by atoms with Gasteiger partial charge in [0.2, 0.25) is 0 Å². The summed E-state index contributed by atoms with van der Waals surface area (Å²) in [6.45, 7) is 2.49. The van der Waals surface area contributed by atoms with Crippen molar-refractivity contribution in [2.24, 2.45) is 0 Å². The summed E-state index contributed by atoms with van der Waals surface area (Å²) in [6, 6.07) is 0. The van der Waals surface area contributed by atoms with Gasteiger partial charge in [-0.05, 0) is 6.42 Å². The van der Waals surface area contributed by atoms with E-state index in [-0.39, 0.29) is 36.2 Å². The predicted molar refractivity (Wildman–Crippen MR) is 87.9 cm³/mol. The Morgan fingerprint density at radius 2 is 1.05 bits per heavy atom. The van der Waals surface area contributed by atoms with E-state index in [1.807, 2.05) is 0 Å². The second-order valence-corrected chi connectivity index (χ2v) is 7.75. The van der Waals surface area contributed by atoms with Crippen LogP contribution in [0.1, 0.15) is 90.4 Å². The van der Waals surface area contributed by atoms with Crippen molar-refractivity contribution in [1.29, 1.82) is 0 Å². The number of hydrogen-bond acceptors (Lipinski definition) is 4. The van der Waals surface area contributed by atoms with Crippen LogP contribution >= 0.6 is 0 Å². The van der Waals surface area contributed by atoms with Crippen molar-refractivity contribution in [2.45, 2.75) is 90.4 Å². The van der Waals surface area contributed by atoms with Gasteiger partial charge in [-0.1, -0.05) is 84.0 Å². The normalized spacial score (nSPS) is 11.3. The molecule has 0 rings (SSSR count). The minimum Gasteiger partial charge on any atom is -0.619 e. The van der Waals surface area contributed by atoms with Gasteiger partial charge in [0, 0.05) is 0 Å². The van der Waals surface area contributed by atoms with Crippen molar-refractivity contribution in [3.8, 4) is 0 Å². The monoisotopic (exact) mass is 346 g/mol. The van der Waals surface area contributed by atoms with Crippen molar-refractivity contribution < 1.29 is 42.2 Å². The molecular formula is C15H31NaO3S2. The topological polar surface area (TPSA) is 43.4 Å². The summed E-state index contributed by atoms with van der Waals surface area (Å²) in [5, 5.41) is 0. The summed E-state index contributed by atoms with van der Waals surface area (Å²) in [4.78, 5) is 0. The van der Waals surface area contributed by atoms with Crippen LogP contribution in [0.15, 0.2) is 0 Å². The molecule has 0 aliphatic carbocycles. The summed E-state index contributed by atoms with van der Waals surface area (Å²) >= 11 is 4.13. The van der Waals surface area contributed by atoms with Crippen molar-refractivity contribution in [2.75, 3.05) is 6.61 Å². The van der Waals surface area contributed by atoms with E-state index in [1.165, 1.54) is 64.2 Å². The van der Waals surface area contributed by atoms with E-state index in [9.17, 15) is 8.42 Å². The molecule has 0 aliphatic heterocycles. The molecular weight excluding hydrogens is 315 g/mol. The maximum absolute atomic E-state index is 10.5. The molecule has 122 valence electrons. The molecule has 0 unspecified atom stereocenters. The first-order valence-corrected chi connectivity index (χ1v) is 10.5. The summed E-state index contributed by atoms with van der Waals surface area (Å²) in [7, 11) is -3.66. The number of unbranched alkanes of at least 4 members (excludes halogenated alkanes) is 12. The van der Waals surface area contributed by atoms with E-state index in [0.717, 1.165) is 19.3 Å². The first-order valence-electron chi connectivity index (χ1n) is 8.16. The van der Waals surface area contributed by atoms with Crippen molar-refractivity contribution in [3.63, 3.8) is 0 Å². The van der Waals surface area contributed by atoms with Gasteiger partial charge < -0.3 is 11.7 Å². The smallest absolute Gasteiger partial charge is 0.619 e. The van der Waals surface area contributed by atoms with E-state index < -0.39 is 9.15 Å². The standard InChI is InChI=1S/C15H32O3S2.Na/c1-2-3-4-5-6-7-8-9-10-11-12-13-14-15-18-20(16,17)19;/h2-15H2,1H3,(H,16,17,19);/q;+1/p-1. The zero-order chi connectivity index (χ0) is 15.1. The molecule has 0 spiro atoms. The Morgan fingerprint density at radius 1 is 0.714 bits per heavy atom. The molecule has 0 atom stereocenters. The fourth-order valence-corrected chi connectivity index (χ4v) is 2.81. The van der Waals surface area contributed by atoms with Crippen LogP contribution in [0.4, 0.5) is 0 Å². The van der Waals surface area contributed by atoms with Gasteiger partial charge in [-0.3, -0.25) is 4.18 Å². The summed E-state index contributed by atoms with van der Waals surface area (Å²) in [5.74, 6) is 0. The molecule has 3 nitrogen and oxygen atoms in total. The molecule has 21 heavy (non-hydrogen) atoms. The zero-order valence-corrected chi connectivity index (χ0v) is 17.6. The predicted octanol–water partition coefficient (Wildman–Crippen LogP) is 1.89. The molecule has 0 radical (unpaired) electrons. The summed E-state index contributed by atoms with van der Waals surface area (Å²) in [6.07, 6.45) is 16.5. The van der Waals surface area contributed by atoms with Gasteiger partial charge in [0.1, 0.15) is 9.15 Å². The van der Waals surface area contributed by atoms with E-state index in [0.29, 0.717) is 0 Å². The van der Waals surface area contributed by atoms with Gasteiger partial charge in [0.25, 0.3) is 0 Å². The Bertz CT molecular complexity index is 295. The maximum Gasteiger partial charge on any atom is 1.00 e. The van der Waals surface area contributed by atoms with Crippen LogP contribution in [-0.2, 0) is 25.0 Å². The van der Waals surface area contributed by atoms with Gasteiger partial charge in [0.05, 0.1) is 6.61 Å². The molecule has 0 N–H and O–H groups in total. The molecule has 6 heteroatoms. The minimum atomic E-state index is -3.66. The second kappa shape index (κ2) is 17.6. The summed E-state index contributed by atoms with van der Waals surface area (Å²) in [5.41, 5.74) is 0. The van der Waals surface area contributed by atoms with Crippen molar-refractivity contribution in [3.05, 3.63) is 0 Å². The van der Waals surface area contributed by atoms with E-state index in [1.54, 1.807) is 0 Å². The molecule has 0 fully saturated rings. The zero-order valence-electron chi connectivity index (χ0n) is 13.9. The van der Waals surface area contributed by atoms with Gasteiger partial charge in [-0.15, -0.1) is 0 Å². The van der Waals surface area contributed by atoms with E-state index in [2.05, 4.69) is 22.8 Å². The average molecular weight is 347 g/mol. The summed E-state index contributed by atoms with van der Waals surface area (Å²) < 4.78 is 25.6. The third kappa shape index (κ3) is 23.7. The van der Waals surface area contributed by atoms with Crippen LogP contribution in [0.2, 0.25) is 0 Å². The quantitative estimate of drug-likeness (QED) is 0.197. The first-order chi connectivity index (χ1) is 9.56. The third-order valence-corrected chi connectivity index (χ3v) is 4.22. The number of rotatable bonds is 15. The molecule has 0 saturated carbocycles. The first kappa shape index (κ1) is 24.5. The fourth-order valence-electron chi connectivity index (χ4n) is 2.28. The van der Waals surface area contributed by atoms with E-state index >= 15 is 0 Å². The SMILES string of the molecule is CCCCCCCCCCCCCCCOS(=O)(=O)[S-].[Na+]. The van der Waals surface area contributed by atoms with Gasteiger partial charge >= 0.3 is 29.6 Å². The molecule has 0 aromatic carbocycles. The second-order valence-electron chi connectivity index (χ2n) is 5.47. The molecule has 0 heterocycles. The van der Waals surface area contributed by atoms with Crippen LogP contribution in [0, 0.1) is 0 Å². The molecule has 0 amide bonds. The minimum absolute atomic E-state index is 0. The Balaban J connectivity index is 0. The van der Waals surface area contributed by atoms with E-state index in [4.69, 9.17) is 0 Å². The third-order valence-electron chi connectivity index (χ3n) is 3.48. The Labute approximate surface area is 159 Å². The molecule has 0 aromatic rings. The van der Waals surface area contributed by atoms with Gasteiger partial charge in [0.15, 0.2) is 0 Å². The van der Waals surface area contributed by atoms with Gasteiger partial charge in [-0.25, -0.2) is 8.42 Å². The molecule has 0 aliphatic rings. The molecule has 0 saturated heterocycles. The maximum atomic E-state index is 10.5. The van der Waals surface area contributed by atoms with Crippen LogP contribution in [0.25, 0.3) is 0 Å². The Morgan fingerprint density at radius 3 is 1.38 bits per heavy atom. The van der Waals surface area contributed by atoms with Crippen molar-refractivity contribution >= 4 is 20.8 Å². The Hall–Kier alpha value is 1.26. The molecule has 0 aromatic heterocycles. The Kier molecular flexibility index (Phi) is 20.6. The van der Waals surface area contributed by atoms with Crippen LogP contribution in [0.5, 0.6) is 0 Å². The molecule has 0 bridgehead atoms. The largest absolute Gasteiger partial charge is 1.00 e. The average Bonchev–Trinajstić information content (AvgIpc) is 2.38. The van der Waals surface area contributed by atoms with Crippen LogP contribution in [-0.4, -0.2) is 15.0 Å². The van der Waals surface area contributed by atoms with Crippen LogP contribution in [0.3, 0.4) is 0 Å². The van der Waals surface area contributed by atoms with Gasteiger partial charge in [-0.2, -0.15) is 0 Å². The van der Waals surface area contributed by atoms with Crippen LogP contribution < -0.4 is 29.6 Å². The fraction of sp³-hybridized carbons (Fsp3) is 1.00.